The SMILES string of the molecule is COc1ccc([C@@H]2CC[C@@]3(C)C(=O)NC[C@H]3[C@H]2c2ccc(Cl)cc2)c(Cl)c1. The number of rotatable bonds is 3. The molecule has 1 aliphatic heterocycles. The normalized spacial score (nSPS) is 29.9. The second-order valence-electron chi connectivity index (χ2n) is 7.84. The Kier molecular flexibility index (Phi) is 4.85. The first-order chi connectivity index (χ1) is 12.9. The molecule has 1 heterocycles. The number of carbonyl (C=O) groups is 1. The van der Waals surface area contributed by atoms with E-state index in [0.717, 1.165) is 34.2 Å². The van der Waals surface area contributed by atoms with Crippen molar-refractivity contribution in [3.05, 3.63) is 63.6 Å². The fourth-order valence-corrected chi connectivity index (χ4v) is 5.41. The van der Waals surface area contributed by atoms with Crippen LogP contribution in [-0.4, -0.2) is 19.6 Å². The van der Waals surface area contributed by atoms with Crippen LogP contribution in [0.3, 0.4) is 0 Å². The van der Waals surface area contributed by atoms with Crippen molar-refractivity contribution in [1.82, 2.24) is 5.32 Å². The zero-order valence-electron chi connectivity index (χ0n) is 15.5. The number of halogens is 2. The molecular formula is C22H23Cl2NO2. The van der Waals surface area contributed by atoms with Gasteiger partial charge in [0.25, 0.3) is 0 Å². The van der Waals surface area contributed by atoms with Crippen molar-refractivity contribution in [2.75, 3.05) is 13.7 Å². The number of carbonyl (C=O) groups excluding carboxylic acids is 1. The summed E-state index contributed by atoms with van der Waals surface area (Å²) in [5.74, 6) is 1.60. The molecule has 1 N–H and O–H groups in total. The van der Waals surface area contributed by atoms with Gasteiger partial charge in [-0.3, -0.25) is 4.79 Å². The molecule has 2 aliphatic rings. The Morgan fingerprint density at radius 1 is 1.15 bits per heavy atom. The number of fused-ring (bicyclic) bond motifs is 1. The monoisotopic (exact) mass is 403 g/mol. The van der Waals surface area contributed by atoms with Crippen molar-refractivity contribution in [2.45, 2.75) is 31.6 Å². The van der Waals surface area contributed by atoms with Crippen LogP contribution < -0.4 is 10.1 Å². The number of hydrogen-bond donors (Lipinski definition) is 1. The Morgan fingerprint density at radius 3 is 2.56 bits per heavy atom. The molecule has 4 rings (SSSR count). The molecule has 1 saturated carbocycles. The molecule has 142 valence electrons. The molecule has 0 radical (unpaired) electrons. The molecule has 1 aliphatic carbocycles. The number of methoxy groups -OCH3 is 1. The first kappa shape index (κ1) is 18.6. The number of benzene rings is 2. The maximum atomic E-state index is 12.6. The van der Waals surface area contributed by atoms with Crippen molar-refractivity contribution >= 4 is 29.1 Å². The van der Waals surface area contributed by atoms with E-state index in [2.05, 4.69) is 30.4 Å². The van der Waals surface area contributed by atoms with E-state index in [9.17, 15) is 4.79 Å². The van der Waals surface area contributed by atoms with Crippen LogP contribution >= 0.6 is 23.2 Å². The topological polar surface area (TPSA) is 38.3 Å². The largest absolute Gasteiger partial charge is 0.497 e. The van der Waals surface area contributed by atoms with Crippen molar-refractivity contribution in [3.63, 3.8) is 0 Å². The summed E-state index contributed by atoms with van der Waals surface area (Å²) in [6, 6.07) is 14.0. The Labute approximate surface area is 170 Å². The average Bonchev–Trinajstić information content (AvgIpc) is 2.97. The van der Waals surface area contributed by atoms with Crippen LogP contribution in [0.4, 0.5) is 0 Å². The van der Waals surface area contributed by atoms with Crippen molar-refractivity contribution in [3.8, 4) is 5.75 Å². The first-order valence-corrected chi connectivity index (χ1v) is 10.1. The van der Waals surface area contributed by atoms with Crippen LogP contribution in [-0.2, 0) is 4.79 Å². The minimum atomic E-state index is -0.334. The van der Waals surface area contributed by atoms with Gasteiger partial charge in [0, 0.05) is 16.6 Å². The van der Waals surface area contributed by atoms with Gasteiger partial charge < -0.3 is 10.1 Å². The van der Waals surface area contributed by atoms with Gasteiger partial charge in [0.05, 0.1) is 12.5 Å². The molecule has 5 heteroatoms. The average molecular weight is 404 g/mol. The van der Waals surface area contributed by atoms with E-state index < -0.39 is 0 Å². The highest BCUT2D eigenvalue weighted by molar-refractivity contribution is 6.31. The van der Waals surface area contributed by atoms with E-state index in [1.54, 1.807) is 7.11 Å². The molecule has 3 nitrogen and oxygen atoms in total. The lowest BCUT2D eigenvalue weighted by atomic mass is 9.57. The molecule has 0 aromatic heterocycles. The van der Waals surface area contributed by atoms with Crippen molar-refractivity contribution in [1.29, 1.82) is 0 Å². The lowest BCUT2D eigenvalue weighted by Crippen LogP contribution is -2.41. The van der Waals surface area contributed by atoms with Gasteiger partial charge in [0.1, 0.15) is 5.75 Å². The molecule has 0 spiro atoms. The smallest absolute Gasteiger partial charge is 0.226 e. The molecule has 2 aromatic carbocycles. The molecule has 1 saturated heterocycles. The standard InChI is InChI=1S/C22H23Cl2NO2/c1-22-10-9-17(16-8-7-15(27-2)11-19(16)24)20(18(22)12-25-21(22)26)13-3-5-14(23)6-4-13/h3-8,11,17-18,20H,9-10,12H2,1-2H3,(H,25,26)/t17-,18-,20-,22+/m0/s1. The summed E-state index contributed by atoms with van der Waals surface area (Å²) in [5, 5.41) is 4.54. The van der Waals surface area contributed by atoms with Crippen LogP contribution in [0, 0.1) is 11.3 Å². The summed E-state index contributed by atoms with van der Waals surface area (Å²) in [6.07, 6.45) is 1.78. The van der Waals surface area contributed by atoms with E-state index in [0.29, 0.717) is 6.54 Å². The lowest BCUT2D eigenvalue weighted by molar-refractivity contribution is -0.129. The van der Waals surface area contributed by atoms with Crippen LogP contribution in [0.25, 0.3) is 0 Å². The number of ether oxygens (including phenoxy) is 1. The summed E-state index contributed by atoms with van der Waals surface area (Å²) in [6.45, 7) is 2.81. The quantitative estimate of drug-likeness (QED) is 0.742. The fourth-order valence-electron chi connectivity index (χ4n) is 4.97. The molecule has 0 unspecified atom stereocenters. The highest BCUT2D eigenvalue weighted by Crippen LogP contribution is 2.57. The Balaban J connectivity index is 1.80. The van der Waals surface area contributed by atoms with Gasteiger partial charge in [0.2, 0.25) is 5.91 Å². The zero-order chi connectivity index (χ0) is 19.2. The van der Waals surface area contributed by atoms with Crippen LogP contribution in [0.15, 0.2) is 42.5 Å². The Hall–Kier alpha value is -1.71. The van der Waals surface area contributed by atoms with Gasteiger partial charge in [-0.2, -0.15) is 0 Å². The van der Waals surface area contributed by atoms with E-state index in [1.165, 1.54) is 5.56 Å². The summed E-state index contributed by atoms with van der Waals surface area (Å²) in [5.41, 5.74) is 2.00. The second-order valence-corrected chi connectivity index (χ2v) is 8.69. The highest BCUT2D eigenvalue weighted by Gasteiger charge is 2.54. The van der Waals surface area contributed by atoms with E-state index >= 15 is 0 Å². The second kappa shape index (κ2) is 7.03. The van der Waals surface area contributed by atoms with Gasteiger partial charge in [-0.25, -0.2) is 0 Å². The number of amides is 1. The number of nitrogens with one attached hydrogen (secondary N) is 1. The molecule has 0 bridgehead atoms. The molecular weight excluding hydrogens is 381 g/mol. The molecule has 27 heavy (non-hydrogen) atoms. The van der Waals surface area contributed by atoms with E-state index in [4.69, 9.17) is 27.9 Å². The third-order valence-corrected chi connectivity index (χ3v) is 7.10. The predicted octanol–water partition coefficient (Wildman–Crippen LogP) is 5.42. The maximum Gasteiger partial charge on any atom is 0.226 e. The van der Waals surface area contributed by atoms with Crippen LogP contribution in [0.5, 0.6) is 5.75 Å². The first-order valence-electron chi connectivity index (χ1n) is 9.31. The van der Waals surface area contributed by atoms with Gasteiger partial charge in [-0.15, -0.1) is 0 Å². The van der Waals surface area contributed by atoms with Gasteiger partial charge in [-0.1, -0.05) is 48.3 Å². The van der Waals surface area contributed by atoms with E-state index in [-0.39, 0.29) is 29.1 Å². The minimum absolute atomic E-state index is 0.172. The summed E-state index contributed by atoms with van der Waals surface area (Å²) in [7, 11) is 1.64. The third kappa shape index (κ3) is 3.11. The summed E-state index contributed by atoms with van der Waals surface area (Å²) in [4.78, 5) is 12.6. The van der Waals surface area contributed by atoms with Gasteiger partial charge in [0.15, 0.2) is 0 Å². The summed E-state index contributed by atoms with van der Waals surface area (Å²) < 4.78 is 5.31. The van der Waals surface area contributed by atoms with E-state index in [1.807, 2.05) is 24.3 Å². The maximum absolute atomic E-state index is 12.6. The van der Waals surface area contributed by atoms with Gasteiger partial charge in [-0.05, 0) is 66.0 Å². The van der Waals surface area contributed by atoms with Crippen LogP contribution in [0.2, 0.25) is 10.0 Å². The van der Waals surface area contributed by atoms with Crippen molar-refractivity contribution in [2.24, 2.45) is 11.3 Å². The van der Waals surface area contributed by atoms with Crippen molar-refractivity contribution < 1.29 is 9.53 Å². The Morgan fingerprint density at radius 2 is 1.89 bits per heavy atom. The predicted molar refractivity (Wildman–Crippen MR) is 109 cm³/mol. The highest BCUT2D eigenvalue weighted by atomic mass is 35.5. The fraction of sp³-hybridized carbons (Fsp3) is 0.409. The zero-order valence-corrected chi connectivity index (χ0v) is 17.0. The summed E-state index contributed by atoms with van der Waals surface area (Å²) >= 11 is 12.8. The molecule has 4 atom stereocenters. The number of hydrogen-bond acceptors (Lipinski definition) is 2. The molecule has 1 amide bonds. The molecule has 2 fully saturated rings. The minimum Gasteiger partial charge on any atom is -0.497 e. The van der Waals surface area contributed by atoms with Crippen LogP contribution in [0.1, 0.15) is 42.7 Å². The molecule has 2 aromatic rings. The Bertz CT molecular complexity index is 867. The third-order valence-electron chi connectivity index (χ3n) is 6.52. The van der Waals surface area contributed by atoms with Gasteiger partial charge >= 0.3 is 0 Å². The lowest BCUT2D eigenvalue weighted by Gasteiger charge is -2.45.